The topological polar surface area (TPSA) is 52.4 Å². The second-order valence-corrected chi connectivity index (χ2v) is 2.59. The molecule has 0 radical (unpaired) electrons. The van der Waals surface area contributed by atoms with Crippen molar-refractivity contribution in [1.82, 2.24) is 0 Å². The molecule has 0 aromatic rings. The van der Waals surface area contributed by atoms with Gasteiger partial charge in [0.1, 0.15) is 6.26 Å². The Kier molecular flexibility index (Phi) is 2.06. The van der Waals surface area contributed by atoms with Crippen LogP contribution in [0.25, 0.3) is 0 Å². The number of allylic oxidation sites excluding steroid dienone is 2. The molecule has 54 valence electrons. The van der Waals surface area contributed by atoms with E-state index in [-0.39, 0.29) is 0 Å². The summed E-state index contributed by atoms with van der Waals surface area (Å²) in [5, 5.41) is 10.0. The smallest absolute Gasteiger partial charge is 0.373 e. The zero-order valence-electron chi connectivity index (χ0n) is 4.86. The van der Waals surface area contributed by atoms with E-state index in [1.165, 1.54) is 12.3 Å². The number of hydrogen-bond donors (Lipinski definition) is 0. The van der Waals surface area contributed by atoms with Crippen LogP contribution in [0.5, 0.6) is 0 Å². The van der Waals surface area contributed by atoms with E-state index >= 15 is 0 Å². The number of nitro groups is 1. The highest BCUT2D eigenvalue weighted by molar-refractivity contribution is 9.11. The fourth-order valence-electron chi connectivity index (χ4n) is 0.514. The molecular weight excluding hydrogens is 202 g/mol. The fraction of sp³-hybridized carbons (Fsp3) is 0.200. The van der Waals surface area contributed by atoms with Crippen molar-refractivity contribution in [2.24, 2.45) is 0 Å². The second-order valence-electron chi connectivity index (χ2n) is 1.67. The summed E-state index contributed by atoms with van der Waals surface area (Å²) in [6, 6.07) is 0. The van der Waals surface area contributed by atoms with Gasteiger partial charge in [0.05, 0.1) is 9.41 Å². The Morgan fingerprint density at radius 2 is 2.50 bits per heavy atom. The van der Waals surface area contributed by atoms with E-state index in [1.807, 2.05) is 0 Å². The first-order chi connectivity index (χ1) is 4.70. The molecule has 0 bridgehead atoms. The molecule has 0 aliphatic carbocycles. The van der Waals surface area contributed by atoms with Crippen molar-refractivity contribution >= 4 is 15.9 Å². The first kappa shape index (κ1) is 7.27. The molecule has 10 heavy (non-hydrogen) atoms. The van der Waals surface area contributed by atoms with Gasteiger partial charge in [0.25, 0.3) is 0 Å². The molecule has 1 atom stereocenters. The van der Waals surface area contributed by atoms with Crippen molar-refractivity contribution in [2.75, 3.05) is 0 Å². The number of hydrogen-bond acceptors (Lipinski definition) is 3. The van der Waals surface area contributed by atoms with Crippen LogP contribution in [0.4, 0.5) is 0 Å². The van der Waals surface area contributed by atoms with Gasteiger partial charge < -0.3 is 4.74 Å². The van der Waals surface area contributed by atoms with Gasteiger partial charge in [0.15, 0.2) is 0 Å². The summed E-state index contributed by atoms with van der Waals surface area (Å²) >= 11 is 3.09. The minimum atomic E-state index is -1.03. The molecule has 0 N–H and O–H groups in total. The summed E-state index contributed by atoms with van der Waals surface area (Å²) in [4.78, 5) is 9.54. The zero-order chi connectivity index (χ0) is 7.56. The predicted octanol–water partition coefficient (Wildman–Crippen LogP) is 1.41. The van der Waals surface area contributed by atoms with Gasteiger partial charge in [0.2, 0.25) is 0 Å². The van der Waals surface area contributed by atoms with Crippen molar-refractivity contribution in [3.05, 3.63) is 33.0 Å². The molecule has 1 heterocycles. The van der Waals surface area contributed by atoms with Crippen LogP contribution >= 0.6 is 15.9 Å². The number of ether oxygens (including phenoxy) is 1. The van der Waals surface area contributed by atoms with E-state index in [0.717, 1.165) is 0 Å². The summed E-state index contributed by atoms with van der Waals surface area (Å²) < 4.78 is 5.36. The maximum Gasteiger partial charge on any atom is 0.373 e. The molecule has 1 aliphatic rings. The van der Waals surface area contributed by atoms with Gasteiger partial charge in [-0.3, -0.25) is 10.1 Å². The molecule has 1 aliphatic heterocycles. The number of halogens is 1. The van der Waals surface area contributed by atoms with Crippen LogP contribution in [0.2, 0.25) is 0 Å². The first-order valence-electron chi connectivity index (χ1n) is 2.53. The van der Waals surface area contributed by atoms with Crippen LogP contribution in [-0.4, -0.2) is 11.2 Å². The average molecular weight is 206 g/mol. The average Bonchev–Trinajstić information content (AvgIpc) is 1.88. The Morgan fingerprint density at radius 3 is 2.90 bits per heavy atom. The molecule has 0 aromatic heterocycles. The van der Waals surface area contributed by atoms with Crippen LogP contribution in [0.3, 0.4) is 0 Å². The Morgan fingerprint density at radius 1 is 1.80 bits per heavy atom. The minimum absolute atomic E-state index is 0.508. The van der Waals surface area contributed by atoms with Gasteiger partial charge >= 0.3 is 6.23 Å². The third-order valence-electron chi connectivity index (χ3n) is 0.948. The highest BCUT2D eigenvalue weighted by Crippen LogP contribution is 2.14. The van der Waals surface area contributed by atoms with Crippen molar-refractivity contribution in [1.29, 1.82) is 0 Å². The van der Waals surface area contributed by atoms with Gasteiger partial charge in [-0.2, -0.15) is 0 Å². The molecule has 0 saturated carbocycles. The monoisotopic (exact) mass is 205 g/mol. The van der Waals surface area contributed by atoms with E-state index in [2.05, 4.69) is 20.7 Å². The van der Waals surface area contributed by atoms with Gasteiger partial charge in [-0.15, -0.1) is 0 Å². The fourth-order valence-corrected chi connectivity index (χ4v) is 0.774. The molecular formula is C5H4BrNO3. The van der Waals surface area contributed by atoms with Crippen LogP contribution < -0.4 is 0 Å². The molecule has 0 spiro atoms. The Hall–Kier alpha value is -0.840. The summed E-state index contributed by atoms with van der Waals surface area (Å²) in [6.45, 7) is 0. The SMILES string of the molecule is O=[N+]([O-])C1C=CC(Br)=CO1. The Balaban J connectivity index is 2.60. The van der Waals surface area contributed by atoms with E-state index in [4.69, 9.17) is 0 Å². The van der Waals surface area contributed by atoms with Gasteiger partial charge in [-0.05, 0) is 22.0 Å². The van der Waals surface area contributed by atoms with Gasteiger partial charge in [-0.1, -0.05) is 0 Å². The largest absolute Gasteiger partial charge is 0.434 e. The quantitative estimate of drug-likeness (QED) is 0.481. The summed E-state index contributed by atoms with van der Waals surface area (Å²) in [7, 11) is 0. The standard InChI is InChI=1S/C5H4BrNO3/c6-4-1-2-5(7(8)9)10-3-4/h1-3,5H. The summed E-state index contributed by atoms with van der Waals surface area (Å²) in [5.41, 5.74) is 0. The first-order valence-corrected chi connectivity index (χ1v) is 3.32. The maximum atomic E-state index is 10.0. The summed E-state index contributed by atoms with van der Waals surface area (Å²) in [6.07, 6.45) is 3.22. The van der Waals surface area contributed by atoms with Gasteiger partial charge in [-0.25, -0.2) is 0 Å². The van der Waals surface area contributed by atoms with Crippen molar-refractivity contribution in [3.63, 3.8) is 0 Å². The van der Waals surface area contributed by atoms with Crippen LogP contribution in [0.1, 0.15) is 0 Å². The highest BCUT2D eigenvalue weighted by atomic mass is 79.9. The van der Waals surface area contributed by atoms with Crippen molar-refractivity contribution < 1.29 is 9.66 Å². The molecule has 1 rings (SSSR count). The second kappa shape index (κ2) is 2.83. The molecule has 5 heteroatoms. The molecule has 0 aromatic carbocycles. The molecule has 4 nitrogen and oxygen atoms in total. The lowest BCUT2D eigenvalue weighted by atomic mass is 10.4. The number of nitrogens with zero attached hydrogens (tertiary/aromatic N) is 1. The lowest BCUT2D eigenvalue weighted by molar-refractivity contribution is -0.555. The van der Waals surface area contributed by atoms with Crippen LogP contribution in [-0.2, 0) is 4.74 Å². The van der Waals surface area contributed by atoms with E-state index < -0.39 is 11.2 Å². The zero-order valence-corrected chi connectivity index (χ0v) is 6.45. The third-order valence-corrected chi connectivity index (χ3v) is 1.40. The van der Waals surface area contributed by atoms with Crippen LogP contribution in [0.15, 0.2) is 22.9 Å². The predicted molar refractivity (Wildman–Crippen MR) is 38.0 cm³/mol. The van der Waals surface area contributed by atoms with Crippen molar-refractivity contribution in [3.8, 4) is 0 Å². The van der Waals surface area contributed by atoms with E-state index in [0.29, 0.717) is 4.48 Å². The lowest BCUT2D eigenvalue weighted by Gasteiger charge is -2.07. The highest BCUT2D eigenvalue weighted by Gasteiger charge is 2.17. The molecule has 1 unspecified atom stereocenters. The van der Waals surface area contributed by atoms with Gasteiger partial charge in [0, 0.05) is 6.08 Å². The van der Waals surface area contributed by atoms with Crippen molar-refractivity contribution in [2.45, 2.75) is 6.23 Å². The minimum Gasteiger partial charge on any atom is -0.434 e. The summed E-state index contributed by atoms with van der Waals surface area (Å²) in [5.74, 6) is 0. The van der Waals surface area contributed by atoms with Crippen LogP contribution in [0, 0.1) is 10.1 Å². The maximum absolute atomic E-state index is 10.0. The number of rotatable bonds is 1. The Labute approximate surface area is 65.4 Å². The van der Waals surface area contributed by atoms with E-state index in [1.54, 1.807) is 6.08 Å². The molecule has 0 fully saturated rings. The normalized spacial score (nSPS) is 23.3. The van der Waals surface area contributed by atoms with E-state index in [9.17, 15) is 10.1 Å². The molecule has 0 amide bonds. The Bertz CT molecular complexity index is 211. The third kappa shape index (κ3) is 1.57. The molecule has 0 saturated heterocycles. The lowest BCUT2D eigenvalue weighted by Crippen LogP contribution is -2.19.